The Bertz CT molecular complexity index is 772. The van der Waals surface area contributed by atoms with E-state index in [1.807, 2.05) is 12.1 Å². The Morgan fingerprint density at radius 3 is 2.70 bits per heavy atom. The molecular weight excluding hydrogens is 290 g/mol. The highest BCUT2D eigenvalue weighted by Crippen LogP contribution is 2.29. The van der Waals surface area contributed by atoms with Crippen molar-refractivity contribution in [1.29, 1.82) is 5.26 Å². The molecule has 2 aliphatic rings. The number of rotatable bonds is 3. The number of carbonyl (C=O) groups is 1. The lowest BCUT2D eigenvalue weighted by Crippen LogP contribution is -2.42. The number of furan rings is 1. The van der Waals surface area contributed by atoms with E-state index in [9.17, 15) is 4.79 Å². The van der Waals surface area contributed by atoms with Gasteiger partial charge in [-0.25, -0.2) is 0 Å². The van der Waals surface area contributed by atoms with Crippen LogP contribution >= 0.6 is 0 Å². The minimum absolute atomic E-state index is 0.163. The minimum atomic E-state index is -0.163. The first-order chi connectivity index (χ1) is 11.2. The standard InChI is InChI=1S/C18H17N3O2/c19-10-11-1-3-12(4-2-11)16-7-8-17(23-16)18(22)21-15-9-13-5-6-14(15)20-13/h1-4,7-8,13-15,20H,5-6,9H2,(H,21,22)/t13-,14+,15-/m1/s1. The number of nitrogens with one attached hydrogen (secondary N) is 2. The Balaban J connectivity index is 1.46. The second kappa shape index (κ2) is 5.56. The fourth-order valence-corrected chi connectivity index (χ4v) is 3.55. The van der Waals surface area contributed by atoms with Crippen molar-refractivity contribution in [3.63, 3.8) is 0 Å². The number of carbonyl (C=O) groups excluding carboxylic acids is 1. The molecule has 2 aromatic rings. The molecule has 2 bridgehead atoms. The Kier molecular flexibility index (Phi) is 3.40. The highest BCUT2D eigenvalue weighted by atomic mass is 16.3. The third kappa shape index (κ3) is 2.62. The van der Waals surface area contributed by atoms with Crippen molar-refractivity contribution in [2.75, 3.05) is 0 Å². The van der Waals surface area contributed by atoms with Gasteiger partial charge in [-0.05, 0) is 55.7 Å². The van der Waals surface area contributed by atoms with Crippen molar-refractivity contribution in [3.05, 3.63) is 47.7 Å². The van der Waals surface area contributed by atoms with Crippen LogP contribution in [0.2, 0.25) is 0 Å². The van der Waals surface area contributed by atoms with Crippen molar-refractivity contribution >= 4 is 5.91 Å². The molecule has 1 amide bonds. The summed E-state index contributed by atoms with van der Waals surface area (Å²) in [6.45, 7) is 0. The van der Waals surface area contributed by atoms with Crippen LogP contribution in [0, 0.1) is 11.3 Å². The molecule has 2 saturated heterocycles. The highest BCUT2D eigenvalue weighted by molar-refractivity contribution is 5.92. The van der Waals surface area contributed by atoms with Gasteiger partial charge in [0.15, 0.2) is 5.76 Å². The summed E-state index contributed by atoms with van der Waals surface area (Å²) in [6.07, 6.45) is 3.34. The summed E-state index contributed by atoms with van der Waals surface area (Å²) in [5, 5.41) is 15.4. The van der Waals surface area contributed by atoms with E-state index in [-0.39, 0.29) is 11.9 Å². The molecule has 0 spiro atoms. The lowest BCUT2D eigenvalue weighted by atomic mass is 9.95. The van der Waals surface area contributed by atoms with Gasteiger partial charge in [0.05, 0.1) is 11.6 Å². The topological polar surface area (TPSA) is 78.1 Å². The van der Waals surface area contributed by atoms with E-state index in [1.165, 1.54) is 6.42 Å². The van der Waals surface area contributed by atoms with Crippen LogP contribution in [0.3, 0.4) is 0 Å². The molecule has 3 atom stereocenters. The molecule has 4 rings (SSSR count). The monoisotopic (exact) mass is 307 g/mol. The molecule has 5 nitrogen and oxygen atoms in total. The normalized spacial score (nSPS) is 25.3. The minimum Gasteiger partial charge on any atom is -0.451 e. The van der Waals surface area contributed by atoms with Gasteiger partial charge in [-0.15, -0.1) is 0 Å². The average molecular weight is 307 g/mol. The van der Waals surface area contributed by atoms with Crippen molar-refractivity contribution in [3.8, 4) is 17.4 Å². The molecule has 1 aromatic heterocycles. The Hall–Kier alpha value is -2.58. The molecule has 0 saturated carbocycles. The van der Waals surface area contributed by atoms with Crippen LogP contribution in [0.25, 0.3) is 11.3 Å². The van der Waals surface area contributed by atoms with E-state index in [0.717, 1.165) is 18.4 Å². The third-order valence-corrected chi connectivity index (χ3v) is 4.74. The van der Waals surface area contributed by atoms with Crippen LogP contribution in [0.4, 0.5) is 0 Å². The molecule has 0 aliphatic carbocycles. The number of benzene rings is 1. The van der Waals surface area contributed by atoms with E-state index in [1.54, 1.807) is 24.3 Å². The smallest absolute Gasteiger partial charge is 0.287 e. The van der Waals surface area contributed by atoms with Crippen molar-refractivity contribution in [2.45, 2.75) is 37.4 Å². The zero-order chi connectivity index (χ0) is 15.8. The van der Waals surface area contributed by atoms with Gasteiger partial charge in [0.2, 0.25) is 0 Å². The zero-order valence-corrected chi connectivity index (χ0v) is 12.6. The van der Waals surface area contributed by atoms with Gasteiger partial charge in [-0.3, -0.25) is 4.79 Å². The van der Waals surface area contributed by atoms with Gasteiger partial charge in [0.1, 0.15) is 5.76 Å². The predicted octanol–water partition coefficient (Wildman–Crippen LogP) is 2.44. The molecule has 23 heavy (non-hydrogen) atoms. The largest absolute Gasteiger partial charge is 0.451 e. The van der Waals surface area contributed by atoms with E-state index in [0.29, 0.717) is 29.2 Å². The summed E-state index contributed by atoms with van der Waals surface area (Å²) < 4.78 is 5.68. The lowest BCUT2D eigenvalue weighted by molar-refractivity contribution is 0.0903. The number of amides is 1. The van der Waals surface area contributed by atoms with Crippen LogP contribution in [-0.2, 0) is 0 Å². The Morgan fingerprint density at radius 2 is 2.04 bits per heavy atom. The zero-order valence-electron chi connectivity index (χ0n) is 12.6. The van der Waals surface area contributed by atoms with E-state index in [2.05, 4.69) is 16.7 Å². The second-order valence-electron chi connectivity index (χ2n) is 6.22. The summed E-state index contributed by atoms with van der Waals surface area (Å²) in [5.41, 5.74) is 1.45. The molecule has 1 aromatic carbocycles. The number of fused-ring (bicyclic) bond motifs is 2. The fraction of sp³-hybridized carbons (Fsp3) is 0.333. The van der Waals surface area contributed by atoms with E-state index in [4.69, 9.17) is 9.68 Å². The first-order valence-corrected chi connectivity index (χ1v) is 7.90. The predicted molar refractivity (Wildman–Crippen MR) is 84.7 cm³/mol. The van der Waals surface area contributed by atoms with E-state index >= 15 is 0 Å². The number of hydrogen-bond donors (Lipinski definition) is 2. The van der Waals surface area contributed by atoms with Gasteiger partial charge in [0.25, 0.3) is 5.91 Å². The quantitative estimate of drug-likeness (QED) is 0.913. The third-order valence-electron chi connectivity index (χ3n) is 4.74. The molecule has 116 valence electrons. The maximum absolute atomic E-state index is 12.3. The SMILES string of the molecule is N#Cc1ccc(-c2ccc(C(=O)N[C@@H]3C[C@H]4CC[C@@H]3N4)o2)cc1. The van der Waals surface area contributed by atoms with Gasteiger partial charge >= 0.3 is 0 Å². The molecule has 2 aliphatic heterocycles. The summed E-state index contributed by atoms with van der Waals surface area (Å²) in [5.74, 6) is 0.794. The Labute approximate surface area is 134 Å². The summed E-state index contributed by atoms with van der Waals surface area (Å²) in [6, 6.07) is 13.8. The summed E-state index contributed by atoms with van der Waals surface area (Å²) in [4.78, 5) is 12.3. The Morgan fingerprint density at radius 1 is 1.22 bits per heavy atom. The van der Waals surface area contributed by atoms with Crippen LogP contribution in [-0.4, -0.2) is 24.0 Å². The molecule has 0 radical (unpaired) electrons. The molecule has 2 N–H and O–H groups in total. The molecule has 3 heterocycles. The fourth-order valence-electron chi connectivity index (χ4n) is 3.55. The van der Waals surface area contributed by atoms with E-state index < -0.39 is 0 Å². The van der Waals surface area contributed by atoms with Gasteiger partial charge < -0.3 is 15.1 Å². The molecule has 2 fully saturated rings. The first kappa shape index (κ1) is 14.0. The van der Waals surface area contributed by atoms with Crippen molar-refractivity contribution in [1.82, 2.24) is 10.6 Å². The molecule has 5 heteroatoms. The molecule has 0 unspecified atom stereocenters. The van der Waals surface area contributed by atoms with Crippen molar-refractivity contribution in [2.24, 2.45) is 0 Å². The van der Waals surface area contributed by atoms with Crippen molar-refractivity contribution < 1.29 is 9.21 Å². The van der Waals surface area contributed by atoms with Crippen LogP contribution in [0.15, 0.2) is 40.8 Å². The molecular formula is C18H17N3O2. The van der Waals surface area contributed by atoms with Crippen LogP contribution < -0.4 is 10.6 Å². The number of hydrogen-bond acceptors (Lipinski definition) is 4. The number of nitriles is 1. The highest BCUT2D eigenvalue weighted by Gasteiger charge is 2.39. The van der Waals surface area contributed by atoms with Crippen LogP contribution in [0.1, 0.15) is 35.4 Å². The van der Waals surface area contributed by atoms with Crippen LogP contribution in [0.5, 0.6) is 0 Å². The average Bonchev–Trinajstić information content (AvgIpc) is 3.31. The maximum Gasteiger partial charge on any atom is 0.287 e. The number of nitrogens with zero attached hydrogens (tertiary/aromatic N) is 1. The van der Waals surface area contributed by atoms with Gasteiger partial charge in [-0.1, -0.05) is 0 Å². The maximum atomic E-state index is 12.3. The van der Waals surface area contributed by atoms with Gasteiger partial charge in [-0.2, -0.15) is 5.26 Å². The second-order valence-corrected chi connectivity index (χ2v) is 6.22. The first-order valence-electron chi connectivity index (χ1n) is 7.90. The lowest BCUT2D eigenvalue weighted by Gasteiger charge is -2.20. The van der Waals surface area contributed by atoms with Gasteiger partial charge in [0, 0.05) is 23.7 Å². The summed E-state index contributed by atoms with van der Waals surface area (Å²) in [7, 11) is 0. The summed E-state index contributed by atoms with van der Waals surface area (Å²) >= 11 is 0.